The number of hydrogen-bond donors (Lipinski definition) is 3. The van der Waals surface area contributed by atoms with E-state index in [1.807, 2.05) is 31.2 Å². The van der Waals surface area contributed by atoms with Crippen LogP contribution in [-0.4, -0.2) is 50.1 Å². The van der Waals surface area contributed by atoms with Gasteiger partial charge in [0.05, 0.1) is 24.4 Å². The van der Waals surface area contributed by atoms with Crippen molar-refractivity contribution in [3.8, 4) is 11.1 Å². The van der Waals surface area contributed by atoms with Crippen LogP contribution in [0.2, 0.25) is 0 Å². The van der Waals surface area contributed by atoms with E-state index >= 15 is 0 Å². The highest BCUT2D eigenvalue weighted by Crippen LogP contribution is 2.25. The molecule has 0 aliphatic carbocycles. The molecule has 2 aromatic carbocycles. The van der Waals surface area contributed by atoms with Gasteiger partial charge in [0.1, 0.15) is 0 Å². The summed E-state index contributed by atoms with van der Waals surface area (Å²) in [6, 6.07) is 14.2. The van der Waals surface area contributed by atoms with Crippen molar-refractivity contribution in [3.63, 3.8) is 0 Å². The molecule has 3 N–H and O–H groups in total. The zero-order chi connectivity index (χ0) is 22.1. The SMILES string of the molecule is C[C@@H](NC(=O)C1=C(O)C(=O)N(C)C1)c1cccc(-c2ccc(NS(C)(=O)=O)cc2)c1. The molecule has 0 unspecified atom stereocenters. The number of sulfonamides is 1. The van der Waals surface area contributed by atoms with Gasteiger partial charge in [-0.1, -0.05) is 30.3 Å². The van der Waals surface area contributed by atoms with Crippen LogP contribution in [0.1, 0.15) is 18.5 Å². The number of nitrogens with zero attached hydrogens (tertiary/aromatic N) is 1. The zero-order valence-corrected chi connectivity index (χ0v) is 17.7. The van der Waals surface area contributed by atoms with Crippen molar-refractivity contribution in [3.05, 3.63) is 65.4 Å². The van der Waals surface area contributed by atoms with Crippen LogP contribution in [0.25, 0.3) is 11.1 Å². The molecule has 3 rings (SSSR count). The monoisotopic (exact) mass is 429 g/mol. The van der Waals surface area contributed by atoms with Crippen molar-refractivity contribution in [1.82, 2.24) is 10.2 Å². The highest BCUT2D eigenvalue weighted by molar-refractivity contribution is 7.92. The summed E-state index contributed by atoms with van der Waals surface area (Å²) in [5.74, 6) is -1.57. The van der Waals surface area contributed by atoms with E-state index in [0.29, 0.717) is 5.69 Å². The van der Waals surface area contributed by atoms with Crippen LogP contribution in [0.15, 0.2) is 59.9 Å². The Bertz CT molecular complexity index is 1120. The maximum Gasteiger partial charge on any atom is 0.289 e. The molecule has 158 valence electrons. The lowest BCUT2D eigenvalue weighted by Crippen LogP contribution is -2.30. The zero-order valence-electron chi connectivity index (χ0n) is 16.8. The van der Waals surface area contributed by atoms with Gasteiger partial charge in [-0.3, -0.25) is 14.3 Å². The molecule has 0 saturated heterocycles. The number of aliphatic hydroxyl groups excluding tert-OH is 1. The first-order valence-corrected chi connectivity index (χ1v) is 11.1. The molecule has 1 atom stereocenters. The number of carbonyl (C=O) groups is 2. The van der Waals surface area contributed by atoms with Crippen LogP contribution in [-0.2, 0) is 19.6 Å². The van der Waals surface area contributed by atoms with Gasteiger partial charge < -0.3 is 15.3 Å². The van der Waals surface area contributed by atoms with E-state index < -0.39 is 27.6 Å². The molecular formula is C21H23N3O5S. The van der Waals surface area contributed by atoms with Gasteiger partial charge in [0, 0.05) is 12.7 Å². The average Bonchev–Trinajstić information content (AvgIpc) is 2.95. The van der Waals surface area contributed by atoms with Gasteiger partial charge in [-0.05, 0) is 41.8 Å². The van der Waals surface area contributed by atoms with E-state index in [1.165, 1.54) is 11.9 Å². The highest BCUT2D eigenvalue weighted by Gasteiger charge is 2.32. The molecule has 0 spiro atoms. The van der Waals surface area contributed by atoms with Crippen LogP contribution >= 0.6 is 0 Å². The lowest BCUT2D eigenvalue weighted by atomic mass is 9.99. The largest absolute Gasteiger partial charge is 0.503 e. The third kappa shape index (κ3) is 4.80. The van der Waals surface area contributed by atoms with Crippen molar-refractivity contribution in [2.24, 2.45) is 0 Å². The minimum absolute atomic E-state index is 0.0551. The molecule has 2 amide bonds. The van der Waals surface area contributed by atoms with Gasteiger partial charge in [0.25, 0.3) is 11.8 Å². The van der Waals surface area contributed by atoms with Crippen molar-refractivity contribution in [2.45, 2.75) is 13.0 Å². The minimum Gasteiger partial charge on any atom is -0.503 e. The van der Waals surface area contributed by atoms with E-state index in [-0.39, 0.29) is 18.2 Å². The summed E-state index contributed by atoms with van der Waals surface area (Å²) in [7, 11) is -1.82. The molecule has 0 saturated carbocycles. The van der Waals surface area contributed by atoms with Crippen LogP contribution in [0.5, 0.6) is 0 Å². The fourth-order valence-electron chi connectivity index (χ4n) is 3.17. The number of rotatable bonds is 6. The molecule has 30 heavy (non-hydrogen) atoms. The third-order valence-electron chi connectivity index (χ3n) is 4.76. The summed E-state index contributed by atoms with van der Waals surface area (Å²) in [6.07, 6.45) is 1.09. The molecule has 8 nitrogen and oxygen atoms in total. The lowest BCUT2D eigenvalue weighted by molar-refractivity contribution is -0.126. The Morgan fingerprint density at radius 3 is 2.37 bits per heavy atom. The fourth-order valence-corrected chi connectivity index (χ4v) is 3.74. The summed E-state index contributed by atoms with van der Waals surface area (Å²) < 4.78 is 25.1. The second-order valence-corrected chi connectivity index (χ2v) is 9.01. The van der Waals surface area contributed by atoms with Gasteiger partial charge >= 0.3 is 0 Å². The van der Waals surface area contributed by atoms with Gasteiger partial charge in [0.15, 0.2) is 5.76 Å². The highest BCUT2D eigenvalue weighted by atomic mass is 32.2. The molecule has 0 radical (unpaired) electrons. The standard InChI is InChI=1S/C21H23N3O5S/c1-13(22-20(26)18-12-24(2)21(27)19(18)25)15-5-4-6-16(11-15)14-7-9-17(10-8-14)23-30(3,28)29/h4-11,13,23,25H,12H2,1-3H3,(H,22,26)/t13-/m1/s1. The Hall–Kier alpha value is -3.33. The molecule has 0 aromatic heterocycles. The number of amides is 2. The first-order valence-electron chi connectivity index (χ1n) is 9.22. The van der Waals surface area contributed by atoms with E-state index in [4.69, 9.17) is 0 Å². The fraction of sp³-hybridized carbons (Fsp3) is 0.238. The van der Waals surface area contributed by atoms with E-state index in [2.05, 4.69) is 10.0 Å². The van der Waals surface area contributed by atoms with Crippen molar-refractivity contribution < 1.29 is 23.1 Å². The number of benzene rings is 2. The summed E-state index contributed by atoms with van der Waals surface area (Å²) in [6.45, 7) is 1.88. The Kier molecular flexibility index (Phi) is 5.84. The van der Waals surface area contributed by atoms with Crippen LogP contribution in [0.4, 0.5) is 5.69 Å². The van der Waals surface area contributed by atoms with Crippen molar-refractivity contribution >= 4 is 27.5 Å². The van der Waals surface area contributed by atoms with Crippen molar-refractivity contribution in [1.29, 1.82) is 0 Å². The maximum absolute atomic E-state index is 12.5. The molecule has 1 aliphatic rings. The Labute approximate surface area is 175 Å². The summed E-state index contributed by atoms with van der Waals surface area (Å²) >= 11 is 0. The second-order valence-electron chi connectivity index (χ2n) is 7.26. The Morgan fingerprint density at radius 1 is 1.13 bits per heavy atom. The summed E-state index contributed by atoms with van der Waals surface area (Å²) in [5, 5.41) is 12.7. The number of likely N-dealkylation sites (N-methyl/N-ethyl adjacent to an activating group) is 1. The summed E-state index contributed by atoms with van der Waals surface area (Å²) in [5.41, 5.74) is 3.16. The van der Waals surface area contributed by atoms with E-state index in [9.17, 15) is 23.1 Å². The molecule has 0 bridgehead atoms. The number of hydrogen-bond acceptors (Lipinski definition) is 5. The predicted octanol–water partition coefficient (Wildman–Crippen LogP) is 2.19. The smallest absolute Gasteiger partial charge is 0.289 e. The van der Waals surface area contributed by atoms with Gasteiger partial charge in [0.2, 0.25) is 10.0 Å². The van der Waals surface area contributed by atoms with Crippen LogP contribution < -0.4 is 10.0 Å². The third-order valence-corrected chi connectivity index (χ3v) is 5.37. The van der Waals surface area contributed by atoms with Gasteiger partial charge in [-0.2, -0.15) is 0 Å². The molecule has 1 aliphatic heterocycles. The van der Waals surface area contributed by atoms with Crippen LogP contribution in [0.3, 0.4) is 0 Å². The summed E-state index contributed by atoms with van der Waals surface area (Å²) in [4.78, 5) is 25.4. The molecule has 1 heterocycles. The topological polar surface area (TPSA) is 116 Å². The molecule has 0 fully saturated rings. The molecule has 9 heteroatoms. The van der Waals surface area contributed by atoms with Crippen molar-refractivity contribution in [2.75, 3.05) is 24.6 Å². The Balaban J connectivity index is 1.75. The van der Waals surface area contributed by atoms with E-state index in [0.717, 1.165) is 22.9 Å². The molecular weight excluding hydrogens is 406 g/mol. The predicted molar refractivity (Wildman–Crippen MR) is 114 cm³/mol. The first kappa shape index (κ1) is 21.4. The van der Waals surface area contributed by atoms with E-state index in [1.54, 1.807) is 24.3 Å². The second kappa shape index (κ2) is 8.19. The Morgan fingerprint density at radius 2 is 1.80 bits per heavy atom. The molecule has 2 aromatic rings. The van der Waals surface area contributed by atoms with Gasteiger partial charge in [-0.25, -0.2) is 8.42 Å². The quantitative estimate of drug-likeness (QED) is 0.651. The normalized spacial score (nSPS) is 15.3. The number of anilines is 1. The van der Waals surface area contributed by atoms with Crippen LogP contribution in [0, 0.1) is 0 Å². The van der Waals surface area contributed by atoms with Gasteiger partial charge in [-0.15, -0.1) is 0 Å². The number of nitrogens with one attached hydrogen (secondary N) is 2. The average molecular weight is 429 g/mol. The number of carbonyl (C=O) groups excluding carboxylic acids is 2. The lowest BCUT2D eigenvalue weighted by Gasteiger charge is -2.16. The number of aliphatic hydroxyl groups is 1. The minimum atomic E-state index is -3.34. The first-order chi connectivity index (χ1) is 14.0. The maximum atomic E-state index is 12.5.